The van der Waals surface area contributed by atoms with E-state index in [1.54, 1.807) is 24.5 Å². The Balaban J connectivity index is 1.73. The summed E-state index contributed by atoms with van der Waals surface area (Å²) >= 11 is 0. The zero-order chi connectivity index (χ0) is 17.2. The Labute approximate surface area is 137 Å². The van der Waals surface area contributed by atoms with Crippen molar-refractivity contribution in [2.24, 2.45) is 0 Å². The molecule has 0 aliphatic carbocycles. The number of hydrogen-bond donors (Lipinski definition) is 1. The van der Waals surface area contributed by atoms with Gasteiger partial charge in [-0.1, -0.05) is 6.07 Å². The number of benzene rings is 1. The highest BCUT2D eigenvalue weighted by atomic mass is 32.2. The van der Waals surface area contributed by atoms with Gasteiger partial charge in [0.1, 0.15) is 16.5 Å². The number of rotatable bonds is 5. The molecule has 0 aliphatic heterocycles. The molecule has 0 saturated heterocycles. The van der Waals surface area contributed by atoms with Gasteiger partial charge in [0.15, 0.2) is 0 Å². The molecule has 24 heavy (non-hydrogen) atoms. The van der Waals surface area contributed by atoms with E-state index in [9.17, 15) is 17.2 Å². The summed E-state index contributed by atoms with van der Waals surface area (Å²) < 4.78 is 57.9. The normalized spacial score (nSPS) is 11.6. The van der Waals surface area contributed by atoms with Crippen LogP contribution in [0.3, 0.4) is 0 Å². The van der Waals surface area contributed by atoms with Gasteiger partial charge < -0.3 is 4.42 Å². The third-order valence-electron chi connectivity index (χ3n) is 3.29. The molecule has 1 N–H and O–H groups in total. The molecule has 0 unspecified atom stereocenters. The van der Waals surface area contributed by atoms with Gasteiger partial charge in [0.05, 0.1) is 18.2 Å². The van der Waals surface area contributed by atoms with Crippen LogP contribution in [0.1, 0.15) is 5.56 Å². The molecule has 2 heterocycles. The van der Waals surface area contributed by atoms with Crippen LogP contribution in [-0.2, 0) is 16.6 Å². The molecule has 0 atom stereocenters. The van der Waals surface area contributed by atoms with Crippen molar-refractivity contribution in [3.8, 4) is 11.3 Å². The van der Waals surface area contributed by atoms with Gasteiger partial charge in [-0.15, -0.1) is 0 Å². The van der Waals surface area contributed by atoms with Crippen molar-refractivity contribution >= 4 is 10.0 Å². The first-order valence-electron chi connectivity index (χ1n) is 6.88. The van der Waals surface area contributed by atoms with E-state index in [4.69, 9.17) is 4.42 Å². The van der Waals surface area contributed by atoms with Crippen molar-refractivity contribution in [3.63, 3.8) is 0 Å². The quantitative estimate of drug-likeness (QED) is 0.767. The minimum Gasteiger partial charge on any atom is -0.472 e. The third kappa shape index (κ3) is 3.50. The summed E-state index contributed by atoms with van der Waals surface area (Å²) in [6, 6.07) is 7.45. The summed E-state index contributed by atoms with van der Waals surface area (Å²) in [5, 5.41) is 0. The average Bonchev–Trinajstić information content (AvgIpc) is 3.07. The van der Waals surface area contributed by atoms with Crippen molar-refractivity contribution in [2.75, 3.05) is 0 Å². The smallest absolute Gasteiger partial charge is 0.243 e. The minimum atomic E-state index is -4.09. The minimum absolute atomic E-state index is 0.0716. The topological polar surface area (TPSA) is 72.2 Å². The van der Waals surface area contributed by atoms with E-state index in [0.717, 1.165) is 17.7 Å². The van der Waals surface area contributed by atoms with Gasteiger partial charge in [0.25, 0.3) is 0 Å². The van der Waals surface area contributed by atoms with Gasteiger partial charge in [-0.3, -0.25) is 4.98 Å². The molecule has 0 fully saturated rings. The lowest BCUT2D eigenvalue weighted by molar-refractivity contribution is 0.543. The number of aromatic nitrogens is 1. The number of halogens is 2. The number of pyridine rings is 1. The van der Waals surface area contributed by atoms with E-state index in [2.05, 4.69) is 9.71 Å². The van der Waals surface area contributed by atoms with Crippen molar-refractivity contribution in [1.29, 1.82) is 0 Å². The van der Waals surface area contributed by atoms with Gasteiger partial charge in [0.2, 0.25) is 10.0 Å². The largest absolute Gasteiger partial charge is 0.472 e. The second-order valence-corrected chi connectivity index (χ2v) is 6.70. The molecule has 5 nitrogen and oxygen atoms in total. The number of hydrogen-bond acceptors (Lipinski definition) is 4. The molecule has 124 valence electrons. The summed E-state index contributed by atoms with van der Waals surface area (Å²) in [4.78, 5) is 3.60. The molecule has 0 saturated carbocycles. The Hall–Kier alpha value is -2.58. The highest BCUT2D eigenvalue weighted by Gasteiger charge is 2.19. The predicted molar refractivity (Wildman–Crippen MR) is 82.3 cm³/mol. The van der Waals surface area contributed by atoms with Crippen LogP contribution in [0.5, 0.6) is 0 Å². The van der Waals surface area contributed by atoms with Gasteiger partial charge >= 0.3 is 0 Å². The molecular weight excluding hydrogens is 338 g/mol. The molecule has 3 aromatic rings. The Bertz CT molecular complexity index is 940. The molecule has 1 aromatic carbocycles. The molecule has 0 amide bonds. The highest BCUT2D eigenvalue weighted by Crippen LogP contribution is 2.18. The molecule has 0 spiro atoms. The van der Waals surface area contributed by atoms with Crippen LogP contribution in [0.15, 0.2) is 64.4 Å². The zero-order valence-electron chi connectivity index (χ0n) is 12.2. The van der Waals surface area contributed by atoms with Crippen LogP contribution in [0.4, 0.5) is 8.78 Å². The first-order valence-corrected chi connectivity index (χ1v) is 8.36. The zero-order valence-corrected chi connectivity index (χ0v) is 13.1. The number of nitrogens with one attached hydrogen (secondary N) is 1. The van der Waals surface area contributed by atoms with E-state index in [1.807, 2.05) is 0 Å². The predicted octanol–water partition coefficient (Wildman–Crippen LogP) is 3.10. The second kappa shape index (κ2) is 6.50. The SMILES string of the molecule is O=S(=O)(NCc1ccc(-c2ccoc2)nc1)c1ccc(F)cc1F. The van der Waals surface area contributed by atoms with E-state index < -0.39 is 26.6 Å². The first kappa shape index (κ1) is 16.3. The first-order chi connectivity index (χ1) is 11.5. The monoisotopic (exact) mass is 350 g/mol. The van der Waals surface area contributed by atoms with Crippen LogP contribution in [-0.4, -0.2) is 13.4 Å². The van der Waals surface area contributed by atoms with Crippen molar-refractivity contribution in [1.82, 2.24) is 9.71 Å². The lowest BCUT2D eigenvalue weighted by Gasteiger charge is -2.08. The molecule has 0 radical (unpaired) electrons. The van der Waals surface area contributed by atoms with Crippen LogP contribution >= 0.6 is 0 Å². The van der Waals surface area contributed by atoms with Crippen molar-refractivity contribution < 1.29 is 21.6 Å². The fraction of sp³-hybridized carbons (Fsp3) is 0.0625. The summed E-state index contributed by atoms with van der Waals surface area (Å²) in [5.41, 5.74) is 2.07. The number of furan rings is 1. The summed E-state index contributed by atoms with van der Waals surface area (Å²) in [6.07, 6.45) is 4.57. The van der Waals surface area contributed by atoms with Gasteiger partial charge in [-0.25, -0.2) is 21.9 Å². The fourth-order valence-corrected chi connectivity index (χ4v) is 3.13. The summed E-state index contributed by atoms with van der Waals surface area (Å²) in [5.74, 6) is -1.98. The fourth-order valence-electron chi connectivity index (χ4n) is 2.06. The van der Waals surface area contributed by atoms with Crippen LogP contribution < -0.4 is 4.72 Å². The van der Waals surface area contributed by atoms with E-state index in [1.165, 1.54) is 12.5 Å². The Morgan fingerprint density at radius 3 is 2.58 bits per heavy atom. The van der Waals surface area contributed by atoms with E-state index in [-0.39, 0.29) is 6.54 Å². The standard InChI is InChI=1S/C16H12F2N2O3S/c17-13-2-4-16(14(18)7-13)24(21,22)20-9-11-1-3-15(19-8-11)12-5-6-23-10-12/h1-8,10,20H,9H2. The molecule has 0 bridgehead atoms. The maximum atomic E-state index is 13.6. The molecule has 2 aromatic heterocycles. The van der Waals surface area contributed by atoms with Gasteiger partial charge in [-0.2, -0.15) is 0 Å². The highest BCUT2D eigenvalue weighted by molar-refractivity contribution is 7.89. The lowest BCUT2D eigenvalue weighted by atomic mass is 10.2. The Morgan fingerprint density at radius 1 is 1.12 bits per heavy atom. The van der Waals surface area contributed by atoms with Crippen molar-refractivity contribution in [3.05, 3.63) is 72.3 Å². The van der Waals surface area contributed by atoms with Crippen LogP contribution in [0.25, 0.3) is 11.3 Å². The summed E-state index contributed by atoms with van der Waals surface area (Å²) in [7, 11) is -4.09. The van der Waals surface area contributed by atoms with E-state index in [0.29, 0.717) is 17.3 Å². The molecule has 0 aliphatic rings. The number of sulfonamides is 1. The van der Waals surface area contributed by atoms with E-state index >= 15 is 0 Å². The lowest BCUT2D eigenvalue weighted by Crippen LogP contribution is -2.24. The third-order valence-corrected chi connectivity index (χ3v) is 4.73. The Morgan fingerprint density at radius 2 is 1.96 bits per heavy atom. The van der Waals surface area contributed by atoms with Gasteiger partial charge in [0, 0.05) is 24.4 Å². The maximum Gasteiger partial charge on any atom is 0.243 e. The molecule has 3 rings (SSSR count). The van der Waals surface area contributed by atoms with Crippen LogP contribution in [0.2, 0.25) is 0 Å². The average molecular weight is 350 g/mol. The van der Waals surface area contributed by atoms with Crippen LogP contribution in [0, 0.1) is 11.6 Å². The number of nitrogens with zero attached hydrogens (tertiary/aromatic N) is 1. The second-order valence-electron chi connectivity index (χ2n) is 4.96. The molecule has 8 heteroatoms. The van der Waals surface area contributed by atoms with Gasteiger partial charge in [-0.05, 0) is 29.8 Å². The Kier molecular flexibility index (Phi) is 4.41. The van der Waals surface area contributed by atoms with Crippen molar-refractivity contribution in [2.45, 2.75) is 11.4 Å². The summed E-state index contributed by atoms with van der Waals surface area (Å²) in [6.45, 7) is -0.0716. The maximum absolute atomic E-state index is 13.6. The molecular formula is C16H12F2N2O3S.